The zero-order valence-corrected chi connectivity index (χ0v) is 10.3. The third-order valence-corrected chi connectivity index (χ3v) is 5.23. The van der Waals surface area contributed by atoms with Crippen molar-refractivity contribution in [3.63, 3.8) is 0 Å². The van der Waals surface area contributed by atoms with Gasteiger partial charge in [0, 0.05) is 17.9 Å². The van der Waals surface area contributed by atoms with E-state index in [-0.39, 0.29) is 0 Å². The number of rotatable bonds is 3. The van der Waals surface area contributed by atoms with E-state index >= 15 is 0 Å². The summed E-state index contributed by atoms with van der Waals surface area (Å²) in [7, 11) is -2.94. The van der Waals surface area contributed by atoms with E-state index in [4.69, 9.17) is 0 Å². The topological polar surface area (TPSA) is 37.4 Å². The summed E-state index contributed by atoms with van der Waals surface area (Å²) in [6, 6.07) is 0. The van der Waals surface area contributed by atoms with Crippen LogP contribution in [0.3, 0.4) is 0 Å². The number of hydrogen-bond donors (Lipinski definition) is 0. The molecule has 1 saturated heterocycles. The molecule has 1 heterocycles. The molecule has 0 aromatic heterocycles. The van der Waals surface area contributed by atoms with Crippen LogP contribution in [0.25, 0.3) is 0 Å². The van der Waals surface area contributed by atoms with E-state index in [9.17, 15) is 8.42 Å². The van der Waals surface area contributed by atoms with Gasteiger partial charge >= 0.3 is 0 Å². The molecule has 5 heteroatoms. The lowest BCUT2D eigenvalue weighted by atomic mass is 10.2. The summed E-state index contributed by atoms with van der Waals surface area (Å²) in [5.41, 5.74) is 0. The summed E-state index contributed by atoms with van der Waals surface area (Å²) in [5, 5.41) is 0. The number of sulfonamides is 1. The Balaban J connectivity index is 2.53. The van der Waals surface area contributed by atoms with Gasteiger partial charge in [-0.05, 0) is 19.3 Å². The highest BCUT2D eigenvalue weighted by molar-refractivity contribution is 9.09. The van der Waals surface area contributed by atoms with Crippen LogP contribution in [-0.2, 0) is 10.0 Å². The molecule has 78 valence electrons. The minimum Gasteiger partial charge on any atom is -0.212 e. The SMILES string of the molecule is CCCS(=O)(=O)N1CCC(Br)CC1. The molecule has 0 atom stereocenters. The Bertz CT molecular complexity index is 245. The van der Waals surface area contributed by atoms with Gasteiger partial charge in [0.15, 0.2) is 0 Å². The zero-order valence-electron chi connectivity index (χ0n) is 7.87. The van der Waals surface area contributed by atoms with Crippen LogP contribution in [0, 0.1) is 0 Å². The van der Waals surface area contributed by atoms with E-state index < -0.39 is 10.0 Å². The van der Waals surface area contributed by atoms with Crippen molar-refractivity contribution >= 4 is 26.0 Å². The van der Waals surface area contributed by atoms with Gasteiger partial charge in [-0.2, -0.15) is 0 Å². The maximum absolute atomic E-state index is 11.6. The predicted octanol–water partition coefficient (Wildman–Crippen LogP) is 1.59. The smallest absolute Gasteiger partial charge is 0.212 e. The quantitative estimate of drug-likeness (QED) is 0.730. The Morgan fingerprint density at radius 2 is 1.92 bits per heavy atom. The van der Waals surface area contributed by atoms with Crippen LogP contribution in [0.2, 0.25) is 0 Å². The summed E-state index contributed by atoms with van der Waals surface area (Å²) >= 11 is 3.50. The Morgan fingerprint density at radius 1 is 1.38 bits per heavy atom. The van der Waals surface area contributed by atoms with Crippen LogP contribution < -0.4 is 0 Å². The van der Waals surface area contributed by atoms with Crippen molar-refractivity contribution < 1.29 is 8.42 Å². The van der Waals surface area contributed by atoms with Gasteiger partial charge in [0.2, 0.25) is 10.0 Å². The molecule has 0 aliphatic carbocycles. The maximum atomic E-state index is 11.6. The van der Waals surface area contributed by atoms with Crippen LogP contribution >= 0.6 is 15.9 Å². The molecule has 0 radical (unpaired) electrons. The van der Waals surface area contributed by atoms with E-state index in [0.717, 1.165) is 12.8 Å². The lowest BCUT2D eigenvalue weighted by Gasteiger charge is -2.28. The van der Waals surface area contributed by atoms with Gasteiger partial charge in [0.05, 0.1) is 5.75 Å². The monoisotopic (exact) mass is 269 g/mol. The van der Waals surface area contributed by atoms with E-state index in [1.807, 2.05) is 6.92 Å². The van der Waals surface area contributed by atoms with Crippen molar-refractivity contribution in [1.82, 2.24) is 4.31 Å². The highest BCUT2D eigenvalue weighted by atomic mass is 79.9. The van der Waals surface area contributed by atoms with Gasteiger partial charge < -0.3 is 0 Å². The number of halogens is 1. The molecule has 0 spiro atoms. The molecule has 0 aromatic rings. The second-order valence-corrected chi connectivity index (χ2v) is 6.77. The molecule has 13 heavy (non-hydrogen) atoms. The molecule has 0 unspecified atom stereocenters. The standard InChI is InChI=1S/C8H16BrNO2S/c1-2-7-13(11,12)10-5-3-8(9)4-6-10/h8H,2-7H2,1H3. The first kappa shape index (κ1) is 11.5. The average Bonchev–Trinajstić information content (AvgIpc) is 2.05. The van der Waals surface area contributed by atoms with Gasteiger partial charge in [-0.25, -0.2) is 12.7 Å². The fraction of sp³-hybridized carbons (Fsp3) is 1.00. The van der Waals surface area contributed by atoms with Crippen LogP contribution in [-0.4, -0.2) is 36.4 Å². The molecule has 1 aliphatic heterocycles. The van der Waals surface area contributed by atoms with Gasteiger partial charge in [-0.15, -0.1) is 0 Å². The van der Waals surface area contributed by atoms with Gasteiger partial charge in [0.1, 0.15) is 0 Å². The fourth-order valence-corrected chi connectivity index (χ4v) is 3.44. The van der Waals surface area contributed by atoms with Gasteiger partial charge in [0.25, 0.3) is 0 Å². The minimum absolute atomic E-state index is 0.292. The number of alkyl halides is 1. The zero-order chi connectivity index (χ0) is 9.90. The number of nitrogens with zero attached hydrogens (tertiary/aromatic N) is 1. The van der Waals surface area contributed by atoms with Crippen molar-refractivity contribution in [1.29, 1.82) is 0 Å². The number of hydrogen-bond acceptors (Lipinski definition) is 2. The first-order valence-corrected chi connectivity index (χ1v) is 7.20. The van der Waals surface area contributed by atoms with Crippen LogP contribution in [0.4, 0.5) is 0 Å². The highest BCUT2D eigenvalue weighted by Gasteiger charge is 2.25. The molecular weight excluding hydrogens is 254 g/mol. The average molecular weight is 270 g/mol. The lowest BCUT2D eigenvalue weighted by molar-refractivity contribution is 0.354. The lowest BCUT2D eigenvalue weighted by Crippen LogP contribution is -2.39. The van der Waals surface area contributed by atoms with Gasteiger partial charge in [-0.1, -0.05) is 22.9 Å². The highest BCUT2D eigenvalue weighted by Crippen LogP contribution is 2.19. The summed E-state index contributed by atoms with van der Waals surface area (Å²) < 4.78 is 24.8. The summed E-state index contributed by atoms with van der Waals surface area (Å²) in [6.45, 7) is 3.26. The Morgan fingerprint density at radius 3 is 2.38 bits per heavy atom. The second-order valence-electron chi connectivity index (χ2n) is 3.39. The Kier molecular flexibility index (Phi) is 4.19. The normalized spacial score (nSPS) is 22.0. The largest absolute Gasteiger partial charge is 0.214 e. The molecule has 0 saturated carbocycles. The molecule has 0 aromatic carbocycles. The molecule has 1 fully saturated rings. The van der Waals surface area contributed by atoms with E-state index in [0.29, 0.717) is 30.1 Å². The maximum Gasteiger partial charge on any atom is 0.214 e. The third kappa shape index (κ3) is 3.22. The van der Waals surface area contributed by atoms with Crippen molar-refractivity contribution in [2.24, 2.45) is 0 Å². The van der Waals surface area contributed by atoms with E-state index in [1.165, 1.54) is 0 Å². The van der Waals surface area contributed by atoms with E-state index in [1.54, 1.807) is 4.31 Å². The minimum atomic E-state index is -2.94. The van der Waals surface area contributed by atoms with Crippen LogP contribution in [0.5, 0.6) is 0 Å². The third-order valence-electron chi connectivity index (χ3n) is 2.24. The molecule has 3 nitrogen and oxygen atoms in total. The van der Waals surface area contributed by atoms with Crippen molar-refractivity contribution in [2.75, 3.05) is 18.8 Å². The van der Waals surface area contributed by atoms with Crippen LogP contribution in [0.1, 0.15) is 26.2 Å². The van der Waals surface area contributed by atoms with Crippen molar-refractivity contribution in [2.45, 2.75) is 31.0 Å². The second kappa shape index (κ2) is 4.75. The Labute approximate surface area is 88.7 Å². The summed E-state index contributed by atoms with van der Waals surface area (Å²) in [5.74, 6) is 0.292. The summed E-state index contributed by atoms with van der Waals surface area (Å²) in [6.07, 6.45) is 2.57. The van der Waals surface area contributed by atoms with Crippen molar-refractivity contribution in [3.05, 3.63) is 0 Å². The molecule has 0 N–H and O–H groups in total. The Hall–Kier alpha value is 0.390. The predicted molar refractivity (Wildman–Crippen MR) is 57.6 cm³/mol. The van der Waals surface area contributed by atoms with E-state index in [2.05, 4.69) is 15.9 Å². The molecular formula is C8H16BrNO2S. The number of piperidine rings is 1. The molecule has 0 amide bonds. The summed E-state index contributed by atoms with van der Waals surface area (Å²) in [4.78, 5) is 0.501. The van der Waals surface area contributed by atoms with Crippen molar-refractivity contribution in [3.8, 4) is 0 Å². The first-order valence-electron chi connectivity index (χ1n) is 4.68. The van der Waals surface area contributed by atoms with Gasteiger partial charge in [-0.3, -0.25) is 0 Å². The molecule has 1 aliphatic rings. The fourth-order valence-electron chi connectivity index (χ4n) is 1.49. The first-order chi connectivity index (χ1) is 6.06. The van der Waals surface area contributed by atoms with Crippen LogP contribution in [0.15, 0.2) is 0 Å². The molecule has 1 rings (SSSR count). The molecule has 0 bridgehead atoms.